The van der Waals surface area contributed by atoms with Crippen LogP contribution >= 0.6 is 0 Å². The molecule has 0 fully saturated rings. The van der Waals surface area contributed by atoms with Crippen LogP contribution in [0.1, 0.15) is 13.8 Å². The molecule has 0 unspecified atom stereocenters. The smallest absolute Gasteiger partial charge is 0.0697 e. The molecule has 0 heterocycles. The summed E-state index contributed by atoms with van der Waals surface area (Å²) in [5.74, 6) is 0.571. The van der Waals surface area contributed by atoms with Crippen LogP contribution in [0.5, 0.6) is 0 Å². The van der Waals surface area contributed by atoms with Crippen molar-refractivity contribution < 1.29 is 15.3 Å². The first-order chi connectivity index (χ1) is 3.77. The molecule has 0 atom stereocenters. The average molecular weight is 136 g/mol. The third kappa shape index (κ3) is 11.4. The highest BCUT2D eigenvalue weighted by atomic mass is 16.5. The summed E-state index contributed by atoms with van der Waals surface area (Å²) in [5, 5.41) is 8.25. The highest BCUT2D eigenvalue weighted by Gasteiger charge is 1.90. The zero-order valence-corrected chi connectivity index (χ0v) is 6.05. The van der Waals surface area contributed by atoms with Crippen molar-refractivity contribution in [1.82, 2.24) is 0 Å². The van der Waals surface area contributed by atoms with E-state index in [-0.39, 0.29) is 12.1 Å². The third-order valence-electron chi connectivity index (χ3n) is 0.687. The first-order valence-corrected chi connectivity index (χ1v) is 2.96. The lowest BCUT2D eigenvalue weighted by atomic mass is 10.2. The molecular weight excluding hydrogens is 120 g/mol. The Morgan fingerprint density at radius 1 is 1.44 bits per heavy atom. The Balaban J connectivity index is 0. The number of rotatable bonds is 4. The minimum atomic E-state index is 0. The highest BCUT2D eigenvalue weighted by molar-refractivity contribution is 4.38. The van der Waals surface area contributed by atoms with Gasteiger partial charge in [-0.25, -0.2) is 0 Å². The van der Waals surface area contributed by atoms with Gasteiger partial charge in [-0.2, -0.15) is 0 Å². The normalized spacial score (nSPS) is 9.33. The van der Waals surface area contributed by atoms with Crippen LogP contribution in [0, 0.1) is 5.92 Å². The maximum atomic E-state index is 8.25. The zero-order chi connectivity index (χ0) is 6.41. The van der Waals surface area contributed by atoms with Gasteiger partial charge in [0, 0.05) is 6.61 Å². The van der Waals surface area contributed by atoms with E-state index >= 15 is 0 Å². The van der Waals surface area contributed by atoms with Gasteiger partial charge >= 0.3 is 0 Å². The lowest BCUT2D eigenvalue weighted by Crippen LogP contribution is -2.05. The lowest BCUT2D eigenvalue weighted by molar-refractivity contribution is 0.0752. The van der Waals surface area contributed by atoms with Gasteiger partial charge < -0.3 is 15.3 Å². The van der Waals surface area contributed by atoms with E-state index in [9.17, 15) is 0 Å². The van der Waals surface area contributed by atoms with Crippen LogP contribution in [-0.4, -0.2) is 30.4 Å². The number of ether oxygens (including phenoxy) is 1. The molecule has 0 saturated carbocycles. The molecular formula is C6H16O3. The monoisotopic (exact) mass is 136 g/mol. The van der Waals surface area contributed by atoms with Gasteiger partial charge in [0.2, 0.25) is 0 Å². The second-order valence-corrected chi connectivity index (χ2v) is 2.19. The van der Waals surface area contributed by atoms with Crippen molar-refractivity contribution in [2.45, 2.75) is 13.8 Å². The minimum absolute atomic E-state index is 0. The Kier molecular flexibility index (Phi) is 10.2. The van der Waals surface area contributed by atoms with Gasteiger partial charge in [0.15, 0.2) is 0 Å². The van der Waals surface area contributed by atoms with Crippen LogP contribution in [0.15, 0.2) is 0 Å². The van der Waals surface area contributed by atoms with E-state index in [1.165, 1.54) is 0 Å². The van der Waals surface area contributed by atoms with Crippen LogP contribution in [-0.2, 0) is 4.74 Å². The van der Waals surface area contributed by atoms with Crippen molar-refractivity contribution in [3.8, 4) is 0 Å². The van der Waals surface area contributed by atoms with Crippen LogP contribution < -0.4 is 0 Å². The predicted octanol–water partition coefficient (Wildman–Crippen LogP) is -0.173. The van der Waals surface area contributed by atoms with Gasteiger partial charge in [-0.05, 0) is 5.92 Å². The predicted molar refractivity (Wildman–Crippen MR) is 36.4 cm³/mol. The SMILES string of the molecule is CC(C)COCCO.O. The molecule has 0 bridgehead atoms. The molecule has 0 aliphatic carbocycles. The molecule has 0 radical (unpaired) electrons. The second-order valence-electron chi connectivity index (χ2n) is 2.19. The Morgan fingerprint density at radius 2 is 2.00 bits per heavy atom. The molecule has 0 aliphatic rings. The van der Waals surface area contributed by atoms with E-state index in [2.05, 4.69) is 13.8 Å². The molecule has 0 aliphatic heterocycles. The molecule has 9 heavy (non-hydrogen) atoms. The molecule has 3 nitrogen and oxygen atoms in total. The fourth-order valence-electron chi connectivity index (χ4n) is 0.384. The summed E-state index contributed by atoms with van der Waals surface area (Å²) in [7, 11) is 0. The quantitative estimate of drug-likeness (QED) is 0.545. The Morgan fingerprint density at radius 3 is 2.33 bits per heavy atom. The molecule has 0 amide bonds. The molecule has 3 N–H and O–H groups in total. The Hall–Kier alpha value is -0.120. The van der Waals surface area contributed by atoms with Crippen molar-refractivity contribution in [2.24, 2.45) is 5.92 Å². The van der Waals surface area contributed by atoms with Crippen LogP contribution in [0.25, 0.3) is 0 Å². The van der Waals surface area contributed by atoms with E-state index in [0.29, 0.717) is 12.5 Å². The molecule has 58 valence electrons. The standard InChI is InChI=1S/C6H14O2.H2O/c1-6(2)5-8-4-3-7;/h6-7H,3-5H2,1-2H3;1H2. The lowest BCUT2D eigenvalue weighted by Gasteiger charge is -2.03. The zero-order valence-electron chi connectivity index (χ0n) is 6.05. The third-order valence-corrected chi connectivity index (χ3v) is 0.687. The van der Waals surface area contributed by atoms with E-state index in [4.69, 9.17) is 9.84 Å². The first-order valence-electron chi connectivity index (χ1n) is 2.96. The van der Waals surface area contributed by atoms with Gasteiger partial charge in [0.05, 0.1) is 13.2 Å². The Bertz CT molecular complexity index is 45.6. The van der Waals surface area contributed by atoms with E-state index in [1.807, 2.05) is 0 Å². The summed E-state index contributed by atoms with van der Waals surface area (Å²) < 4.78 is 4.99. The largest absolute Gasteiger partial charge is 0.412 e. The van der Waals surface area contributed by atoms with Crippen molar-refractivity contribution in [3.05, 3.63) is 0 Å². The highest BCUT2D eigenvalue weighted by Crippen LogP contribution is 1.90. The van der Waals surface area contributed by atoms with Gasteiger partial charge in [0.1, 0.15) is 0 Å². The summed E-state index contributed by atoms with van der Waals surface area (Å²) in [6, 6.07) is 0. The Labute approximate surface area is 56.0 Å². The maximum absolute atomic E-state index is 8.25. The van der Waals surface area contributed by atoms with Crippen molar-refractivity contribution in [2.75, 3.05) is 19.8 Å². The van der Waals surface area contributed by atoms with Crippen LogP contribution in [0.3, 0.4) is 0 Å². The summed E-state index contributed by atoms with van der Waals surface area (Å²) in [4.78, 5) is 0. The topological polar surface area (TPSA) is 61.0 Å². The van der Waals surface area contributed by atoms with Crippen molar-refractivity contribution in [3.63, 3.8) is 0 Å². The molecule has 0 aromatic carbocycles. The summed E-state index contributed by atoms with van der Waals surface area (Å²) in [6.45, 7) is 5.51. The van der Waals surface area contributed by atoms with Gasteiger partial charge in [-0.3, -0.25) is 0 Å². The number of aliphatic hydroxyl groups is 1. The van der Waals surface area contributed by atoms with E-state index in [0.717, 1.165) is 6.61 Å². The first kappa shape index (κ1) is 11.6. The number of hydrogen-bond acceptors (Lipinski definition) is 2. The van der Waals surface area contributed by atoms with Gasteiger partial charge in [0.25, 0.3) is 0 Å². The van der Waals surface area contributed by atoms with Crippen LogP contribution in [0.2, 0.25) is 0 Å². The minimum Gasteiger partial charge on any atom is -0.412 e. The molecule has 0 aromatic rings. The average Bonchev–Trinajstić information content (AvgIpc) is 1.66. The molecule has 0 aromatic heterocycles. The van der Waals surface area contributed by atoms with Crippen LogP contribution in [0.4, 0.5) is 0 Å². The molecule has 0 saturated heterocycles. The molecule has 0 rings (SSSR count). The van der Waals surface area contributed by atoms with Gasteiger partial charge in [-0.15, -0.1) is 0 Å². The van der Waals surface area contributed by atoms with E-state index in [1.54, 1.807) is 0 Å². The summed E-state index contributed by atoms with van der Waals surface area (Å²) in [6.07, 6.45) is 0. The number of hydrogen-bond donors (Lipinski definition) is 1. The summed E-state index contributed by atoms with van der Waals surface area (Å²) >= 11 is 0. The summed E-state index contributed by atoms with van der Waals surface area (Å²) in [5.41, 5.74) is 0. The second kappa shape index (κ2) is 7.88. The van der Waals surface area contributed by atoms with E-state index < -0.39 is 0 Å². The van der Waals surface area contributed by atoms with Gasteiger partial charge in [-0.1, -0.05) is 13.8 Å². The number of aliphatic hydroxyl groups excluding tert-OH is 1. The fraction of sp³-hybridized carbons (Fsp3) is 1.00. The fourth-order valence-corrected chi connectivity index (χ4v) is 0.384. The molecule has 3 heteroatoms. The maximum Gasteiger partial charge on any atom is 0.0697 e. The van der Waals surface area contributed by atoms with Crippen molar-refractivity contribution >= 4 is 0 Å². The molecule has 0 spiro atoms. The van der Waals surface area contributed by atoms with Crippen molar-refractivity contribution in [1.29, 1.82) is 0 Å².